The third-order valence-corrected chi connectivity index (χ3v) is 4.84. The lowest BCUT2D eigenvalue weighted by molar-refractivity contribution is 0.599. The second kappa shape index (κ2) is 7.10. The van der Waals surface area contributed by atoms with Gasteiger partial charge in [-0.2, -0.15) is 11.8 Å². The van der Waals surface area contributed by atoms with Gasteiger partial charge in [0.25, 0.3) is 0 Å². The SMILES string of the molecule is CCNC(=NCCSC)NC1CCS(=O)(=O)C1. The third kappa shape index (κ3) is 5.63. The molecule has 1 aliphatic rings. The molecule has 0 aromatic heterocycles. The Morgan fingerprint density at radius 3 is 2.82 bits per heavy atom. The summed E-state index contributed by atoms with van der Waals surface area (Å²) in [6, 6.07) is 0.00656. The fourth-order valence-electron chi connectivity index (χ4n) is 1.67. The Morgan fingerprint density at radius 1 is 1.53 bits per heavy atom. The third-order valence-electron chi connectivity index (χ3n) is 2.48. The summed E-state index contributed by atoms with van der Waals surface area (Å²) in [5, 5.41) is 6.31. The molecular formula is C10H21N3O2S2. The molecule has 0 aromatic carbocycles. The fraction of sp³-hybridized carbons (Fsp3) is 0.900. The Bertz CT molecular complexity index is 355. The summed E-state index contributed by atoms with van der Waals surface area (Å²) >= 11 is 1.75. The van der Waals surface area contributed by atoms with E-state index in [2.05, 4.69) is 15.6 Å². The molecule has 0 saturated carbocycles. The number of thioether (sulfide) groups is 1. The first-order valence-electron chi connectivity index (χ1n) is 5.81. The van der Waals surface area contributed by atoms with Crippen molar-refractivity contribution in [2.24, 2.45) is 4.99 Å². The van der Waals surface area contributed by atoms with Gasteiger partial charge in [0.1, 0.15) is 0 Å². The molecule has 1 rings (SSSR count). The van der Waals surface area contributed by atoms with Gasteiger partial charge < -0.3 is 10.6 Å². The van der Waals surface area contributed by atoms with Crippen LogP contribution in [-0.2, 0) is 9.84 Å². The number of hydrogen-bond acceptors (Lipinski definition) is 4. The van der Waals surface area contributed by atoms with Crippen LogP contribution in [-0.4, -0.2) is 57.0 Å². The highest BCUT2D eigenvalue weighted by molar-refractivity contribution is 7.98. The Balaban J connectivity index is 2.46. The van der Waals surface area contributed by atoms with Gasteiger partial charge in [0.15, 0.2) is 15.8 Å². The summed E-state index contributed by atoms with van der Waals surface area (Å²) < 4.78 is 22.7. The van der Waals surface area contributed by atoms with E-state index in [0.717, 1.165) is 24.8 Å². The van der Waals surface area contributed by atoms with E-state index in [-0.39, 0.29) is 17.5 Å². The van der Waals surface area contributed by atoms with Crippen LogP contribution in [0.15, 0.2) is 4.99 Å². The predicted octanol–water partition coefficient (Wildman–Crippen LogP) is 0.0916. The maximum Gasteiger partial charge on any atom is 0.191 e. The number of guanidine groups is 1. The van der Waals surface area contributed by atoms with E-state index in [1.807, 2.05) is 13.2 Å². The van der Waals surface area contributed by atoms with Crippen molar-refractivity contribution in [3.05, 3.63) is 0 Å². The van der Waals surface area contributed by atoms with Crippen LogP contribution in [0.4, 0.5) is 0 Å². The van der Waals surface area contributed by atoms with Gasteiger partial charge in [0, 0.05) is 18.3 Å². The highest BCUT2D eigenvalue weighted by Gasteiger charge is 2.28. The molecule has 100 valence electrons. The van der Waals surface area contributed by atoms with Gasteiger partial charge in [-0.25, -0.2) is 8.42 Å². The van der Waals surface area contributed by atoms with Crippen LogP contribution >= 0.6 is 11.8 Å². The summed E-state index contributed by atoms with van der Waals surface area (Å²) in [4.78, 5) is 4.39. The smallest absolute Gasteiger partial charge is 0.191 e. The van der Waals surface area contributed by atoms with Gasteiger partial charge >= 0.3 is 0 Å². The number of nitrogens with one attached hydrogen (secondary N) is 2. The lowest BCUT2D eigenvalue weighted by Gasteiger charge is -2.15. The van der Waals surface area contributed by atoms with E-state index in [1.165, 1.54) is 0 Å². The molecule has 1 saturated heterocycles. The van der Waals surface area contributed by atoms with E-state index in [1.54, 1.807) is 11.8 Å². The minimum absolute atomic E-state index is 0.00656. The van der Waals surface area contributed by atoms with Crippen LogP contribution in [0.2, 0.25) is 0 Å². The zero-order valence-electron chi connectivity index (χ0n) is 10.4. The standard InChI is InChI=1S/C10H21N3O2S2/c1-3-11-10(12-5-6-16-2)13-9-4-7-17(14,15)8-9/h9H,3-8H2,1-2H3,(H2,11,12,13). The zero-order chi connectivity index (χ0) is 12.7. The fourth-order valence-corrected chi connectivity index (χ4v) is 3.62. The topological polar surface area (TPSA) is 70.6 Å². The first-order chi connectivity index (χ1) is 8.07. The first kappa shape index (κ1) is 14.6. The molecule has 7 heteroatoms. The number of hydrogen-bond donors (Lipinski definition) is 2. The molecule has 0 aromatic rings. The van der Waals surface area contributed by atoms with Gasteiger partial charge in [0.05, 0.1) is 18.1 Å². The maximum absolute atomic E-state index is 11.3. The molecule has 1 atom stereocenters. The van der Waals surface area contributed by atoms with Gasteiger partial charge in [-0.05, 0) is 19.6 Å². The highest BCUT2D eigenvalue weighted by atomic mass is 32.2. The lowest BCUT2D eigenvalue weighted by Crippen LogP contribution is -2.44. The molecule has 0 radical (unpaired) electrons. The van der Waals surface area contributed by atoms with Crippen molar-refractivity contribution in [1.82, 2.24) is 10.6 Å². The summed E-state index contributed by atoms with van der Waals surface area (Å²) in [6.07, 6.45) is 2.72. The van der Waals surface area contributed by atoms with Crippen molar-refractivity contribution < 1.29 is 8.42 Å². The quantitative estimate of drug-likeness (QED) is 0.424. The molecule has 2 N–H and O–H groups in total. The van der Waals surface area contributed by atoms with Gasteiger partial charge in [-0.1, -0.05) is 0 Å². The minimum Gasteiger partial charge on any atom is -0.357 e. The summed E-state index contributed by atoms with van der Waals surface area (Å²) in [6.45, 7) is 3.53. The number of aliphatic imine (C=N–C) groups is 1. The van der Waals surface area contributed by atoms with Crippen LogP contribution in [0.25, 0.3) is 0 Å². The second-order valence-corrected chi connectivity index (χ2v) is 7.21. The van der Waals surface area contributed by atoms with Crippen LogP contribution in [0.3, 0.4) is 0 Å². The number of rotatable bonds is 5. The molecule has 0 bridgehead atoms. The van der Waals surface area contributed by atoms with Crippen LogP contribution in [0, 0.1) is 0 Å². The van der Waals surface area contributed by atoms with Crippen LogP contribution in [0.5, 0.6) is 0 Å². The summed E-state index contributed by atoms with van der Waals surface area (Å²) in [5.41, 5.74) is 0. The van der Waals surface area contributed by atoms with Crippen molar-refractivity contribution in [3.8, 4) is 0 Å². The van der Waals surface area contributed by atoms with Crippen molar-refractivity contribution in [1.29, 1.82) is 0 Å². The highest BCUT2D eigenvalue weighted by Crippen LogP contribution is 2.10. The largest absolute Gasteiger partial charge is 0.357 e. The van der Waals surface area contributed by atoms with E-state index < -0.39 is 9.84 Å². The Kier molecular flexibility index (Phi) is 6.11. The van der Waals surface area contributed by atoms with Crippen molar-refractivity contribution in [3.63, 3.8) is 0 Å². The molecule has 0 spiro atoms. The Labute approximate surface area is 108 Å². The van der Waals surface area contributed by atoms with Gasteiger partial charge in [-0.3, -0.25) is 4.99 Å². The average molecular weight is 279 g/mol. The monoisotopic (exact) mass is 279 g/mol. The minimum atomic E-state index is -2.83. The molecule has 1 aliphatic heterocycles. The summed E-state index contributed by atoms with van der Waals surface area (Å²) in [7, 11) is -2.83. The molecule has 17 heavy (non-hydrogen) atoms. The van der Waals surface area contributed by atoms with Crippen molar-refractivity contribution >= 4 is 27.6 Å². The summed E-state index contributed by atoms with van der Waals surface area (Å²) in [5.74, 6) is 2.21. The zero-order valence-corrected chi connectivity index (χ0v) is 12.0. The molecule has 1 fully saturated rings. The molecule has 5 nitrogen and oxygen atoms in total. The van der Waals surface area contributed by atoms with E-state index in [0.29, 0.717) is 6.42 Å². The Morgan fingerprint density at radius 2 is 2.29 bits per heavy atom. The van der Waals surface area contributed by atoms with Crippen LogP contribution < -0.4 is 10.6 Å². The predicted molar refractivity (Wildman–Crippen MR) is 74.6 cm³/mol. The number of nitrogens with zero attached hydrogens (tertiary/aromatic N) is 1. The normalized spacial score (nSPS) is 23.6. The molecule has 0 amide bonds. The van der Waals surface area contributed by atoms with E-state index in [9.17, 15) is 8.42 Å². The van der Waals surface area contributed by atoms with Gasteiger partial charge in [0.2, 0.25) is 0 Å². The Hall–Kier alpha value is -0.430. The maximum atomic E-state index is 11.3. The molecule has 0 aliphatic carbocycles. The van der Waals surface area contributed by atoms with Crippen molar-refractivity contribution in [2.75, 3.05) is 36.6 Å². The van der Waals surface area contributed by atoms with E-state index >= 15 is 0 Å². The lowest BCUT2D eigenvalue weighted by atomic mass is 10.3. The first-order valence-corrected chi connectivity index (χ1v) is 9.03. The second-order valence-electron chi connectivity index (χ2n) is 4.00. The van der Waals surface area contributed by atoms with Gasteiger partial charge in [-0.15, -0.1) is 0 Å². The number of sulfone groups is 1. The van der Waals surface area contributed by atoms with Crippen LogP contribution in [0.1, 0.15) is 13.3 Å². The molecular weight excluding hydrogens is 258 g/mol. The molecule has 1 heterocycles. The molecule has 1 unspecified atom stereocenters. The van der Waals surface area contributed by atoms with E-state index in [4.69, 9.17) is 0 Å². The van der Waals surface area contributed by atoms with Crippen molar-refractivity contribution in [2.45, 2.75) is 19.4 Å². The average Bonchev–Trinajstić information content (AvgIpc) is 2.59.